The molecule has 0 aliphatic rings. The predicted octanol–water partition coefficient (Wildman–Crippen LogP) is 1.75. The van der Waals surface area contributed by atoms with Gasteiger partial charge in [-0.15, -0.1) is 0 Å². The van der Waals surface area contributed by atoms with E-state index in [1.807, 2.05) is 45.0 Å². The summed E-state index contributed by atoms with van der Waals surface area (Å²) in [6.45, 7) is 5.26. The SMILES string of the molecule is CC(C)NC(=O)/C=C\c1ccc(OCCN(C)C)c(N)c1. The highest BCUT2D eigenvalue weighted by molar-refractivity contribution is 5.92. The molecule has 0 heterocycles. The van der Waals surface area contributed by atoms with Crippen molar-refractivity contribution in [2.24, 2.45) is 0 Å². The van der Waals surface area contributed by atoms with Crippen LogP contribution in [-0.2, 0) is 4.79 Å². The molecule has 1 amide bonds. The third-order valence-electron chi connectivity index (χ3n) is 2.69. The van der Waals surface area contributed by atoms with Crippen molar-refractivity contribution in [1.29, 1.82) is 0 Å². The second-order valence-electron chi connectivity index (χ2n) is 5.45. The number of likely N-dealkylation sites (N-methyl/N-ethyl adjacent to an activating group) is 1. The first-order valence-corrected chi connectivity index (χ1v) is 7.04. The monoisotopic (exact) mass is 291 g/mol. The largest absolute Gasteiger partial charge is 0.490 e. The highest BCUT2D eigenvalue weighted by atomic mass is 16.5. The molecule has 21 heavy (non-hydrogen) atoms. The fourth-order valence-corrected chi connectivity index (χ4v) is 1.64. The van der Waals surface area contributed by atoms with Crippen LogP contribution in [0.15, 0.2) is 24.3 Å². The maximum absolute atomic E-state index is 11.5. The average Bonchev–Trinajstić information content (AvgIpc) is 2.37. The van der Waals surface area contributed by atoms with E-state index in [9.17, 15) is 4.79 Å². The Morgan fingerprint density at radius 3 is 2.71 bits per heavy atom. The molecule has 0 fully saturated rings. The molecule has 0 saturated heterocycles. The lowest BCUT2D eigenvalue weighted by molar-refractivity contribution is -0.116. The van der Waals surface area contributed by atoms with Gasteiger partial charge in [0.15, 0.2) is 0 Å². The normalized spacial score (nSPS) is 11.3. The van der Waals surface area contributed by atoms with Crippen molar-refractivity contribution in [2.75, 3.05) is 33.0 Å². The number of carbonyl (C=O) groups excluding carboxylic acids is 1. The van der Waals surface area contributed by atoms with Gasteiger partial charge in [-0.1, -0.05) is 6.07 Å². The minimum absolute atomic E-state index is 0.116. The van der Waals surface area contributed by atoms with Crippen LogP contribution < -0.4 is 15.8 Å². The summed E-state index contributed by atoms with van der Waals surface area (Å²) < 4.78 is 5.61. The predicted molar refractivity (Wildman–Crippen MR) is 87.2 cm³/mol. The maximum atomic E-state index is 11.5. The highest BCUT2D eigenvalue weighted by Gasteiger charge is 2.02. The number of nitrogens with two attached hydrogens (primary N) is 1. The first-order chi connectivity index (χ1) is 9.88. The lowest BCUT2D eigenvalue weighted by Gasteiger charge is -2.12. The van der Waals surface area contributed by atoms with Gasteiger partial charge in [0.05, 0.1) is 5.69 Å². The highest BCUT2D eigenvalue weighted by Crippen LogP contribution is 2.23. The van der Waals surface area contributed by atoms with Gasteiger partial charge in [-0.3, -0.25) is 4.79 Å². The Labute approximate surface area is 126 Å². The Balaban J connectivity index is 2.61. The Kier molecular flexibility index (Phi) is 6.75. The quantitative estimate of drug-likeness (QED) is 0.593. The minimum atomic E-state index is -0.116. The topological polar surface area (TPSA) is 67.6 Å². The van der Waals surface area contributed by atoms with E-state index < -0.39 is 0 Å². The molecular formula is C16H25N3O2. The Morgan fingerprint density at radius 2 is 2.14 bits per heavy atom. The van der Waals surface area contributed by atoms with Crippen LogP contribution in [0.4, 0.5) is 5.69 Å². The summed E-state index contributed by atoms with van der Waals surface area (Å²) in [7, 11) is 3.98. The van der Waals surface area contributed by atoms with Crippen LogP contribution in [0.25, 0.3) is 6.08 Å². The van der Waals surface area contributed by atoms with Gasteiger partial charge in [-0.05, 0) is 51.7 Å². The van der Waals surface area contributed by atoms with Crippen LogP contribution >= 0.6 is 0 Å². The Hall–Kier alpha value is -2.01. The van der Waals surface area contributed by atoms with Gasteiger partial charge < -0.3 is 20.7 Å². The first-order valence-electron chi connectivity index (χ1n) is 7.04. The molecule has 0 aliphatic carbocycles. The summed E-state index contributed by atoms with van der Waals surface area (Å²) in [6.07, 6.45) is 3.24. The van der Waals surface area contributed by atoms with Crippen molar-refractivity contribution in [3.8, 4) is 5.75 Å². The van der Waals surface area contributed by atoms with Crippen LogP contribution in [-0.4, -0.2) is 44.1 Å². The summed E-state index contributed by atoms with van der Waals surface area (Å²) in [4.78, 5) is 13.6. The van der Waals surface area contributed by atoms with Gasteiger partial charge >= 0.3 is 0 Å². The van der Waals surface area contributed by atoms with Crippen molar-refractivity contribution in [3.63, 3.8) is 0 Å². The number of nitrogens with zero attached hydrogens (tertiary/aromatic N) is 1. The molecule has 3 N–H and O–H groups in total. The molecular weight excluding hydrogens is 266 g/mol. The summed E-state index contributed by atoms with van der Waals surface area (Å²) in [5.74, 6) is 0.551. The number of hydrogen-bond acceptors (Lipinski definition) is 4. The van der Waals surface area contributed by atoms with E-state index in [0.29, 0.717) is 18.0 Å². The smallest absolute Gasteiger partial charge is 0.244 e. The Bertz CT molecular complexity index is 496. The molecule has 5 nitrogen and oxygen atoms in total. The van der Waals surface area contributed by atoms with E-state index >= 15 is 0 Å². The van der Waals surface area contributed by atoms with Gasteiger partial charge in [0.1, 0.15) is 12.4 Å². The molecule has 0 aromatic heterocycles. The number of benzene rings is 1. The molecule has 1 aromatic carbocycles. The summed E-state index contributed by atoms with van der Waals surface area (Å²) in [6, 6.07) is 5.62. The number of amides is 1. The molecule has 5 heteroatoms. The van der Waals surface area contributed by atoms with E-state index in [1.165, 1.54) is 6.08 Å². The number of ether oxygens (including phenoxy) is 1. The number of anilines is 1. The van der Waals surface area contributed by atoms with Crippen LogP contribution in [0.3, 0.4) is 0 Å². The molecule has 0 unspecified atom stereocenters. The second kappa shape index (κ2) is 8.32. The zero-order valence-electron chi connectivity index (χ0n) is 13.2. The van der Waals surface area contributed by atoms with Gasteiger partial charge in [-0.25, -0.2) is 0 Å². The van der Waals surface area contributed by atoms with Gasteiger partial charge in [0.2, 0.25) is 5.91 Å². The van der Waals surface area contributed by atoms with Crippen molar-refractivity contribution >= 4 is 17.7 Å². The third-order valence-corrected chi connectivity index (χ3v) is 2.69. The van der Waals surface area contributed by atoms with E-state index in [-0.39, 0.29) is 11.9 Å². The van der Waals surface area contributed by atoms with Gasteiger partial charge in [0, 0.05) is 18.7 Å². The van der Waals surface area contributed by atoms with E-state index in [0.717, 1.165) is 12.1 Å². The molecule has 0 saturated carbocycles. The Morgan fingerprint density at radius 1 is 1.43 bits per heavy atom. The van der Waals surface area contributed by atoms with E-state index in [2.05, 4.69) is 5.32 Å². The number of carbonyl (C=O) groups is 1. The maximum Gasteiger partial charge on any atom is 0.244 e. The number of rotatable bonds is 7. The first kappa shape index (κ1) is 17.0. The molecule has 116 valence electrons. The lowest BCUT2D eigenvalue weighted by Crippen LogP contribution is -2.28. The number of hydrogen-bond donors (Lipinski definition) is 2. The molecule has 0 atom stereocenters. The van der Waals surface area contributed by atoms with Crippen LogP contribution in [0.5, 0.6) is 5.75 Å². The molecule has 0 bridgehead atoms. The lowest BCUT2D eigenvalue weighted by atomic mass is 10.1. The van der Waals surface area contributed by atoms with Crippen LogP contribution in [0.2, 0.25) is 0 Å². The number of nitrogen functional groups attached to an aromatic ring is 1. The summed E-state index contributed by atoms with van der Waals surface area (Å²) >= 11 is 0. The van der Waals surface area contributed by atoms with Crippen LogP contribution in [0, 0.1) is 0 Å². The second-order valence-corrected chi connectivity index (χ2v) is 5.45. The van der Waals surface area contributed by atoms with Crippen LogP contribution in [0.1, 0.15) is 19.4 Å². The van der Waals surface area contributed by atoms with Crippen molar-refractivity contribution in [3.05, 3.63) is 29.8 Å². The zero-order chi connectivity index (χ0) is 15.8. The molecule has 0 spiro atoms. The van der Waals surface area contributed by atoms with Crippen molar-refractivity contribution in [2.45, 2.75) is 19.9 Å². The van der Waals surface area contributed by atoms with Gasteiger partial charge in [-0.2, -0.15) is 0 Å². The molecule has 0 radical (unpaired) electrons. The standard InChI is InChI=1S/C16H25N3O2/c1-12(2)18-16(20)8-6-13-5-7-15(14(17)11-13)21-10-9-19(3)4/h5-8,11-12H,9-10,17H2,1-4H3,(H,18,20)/b8-6-. The number of nitrogens with one attached hydrogen (secondary N) is 1. The molecule has 1 rings (SSSR count). The molecule has 0 aliphatic heterocycles. The van der Waals surface area contributed by atoms with Crippen molar-refractivity contribution in [1.82, 2.24) is 10.2 Å². The third kappa shape index (κ3) is 6.81. The van der Waals surface area contributed by atoms with E-state index in [1.54, 1.807) is 12.1 Å². The average molecular weight is 291 g/mol. The minimum Gasteiger partial charge on any atom is -0.490 e. The summed E-state index contributed by atoms with van der Waals surface area (Å²) in [5.41, 5.74) is 7.39. The fraction of sp³-hybridized carbons (Fsp3) is 0.438. The molecule has 1 aromatic rings. The van der Waals surface area contributed by atoms with Crippen molar-refractivity contribution < 1.29 is 9.53 Å². The van der Waals surface area contributed by atoms with Gasteiger partial charge in [0.25, 0.3) is 0 Å². The van der Waals surface area contributed by atoms with E-state index in [4.69, 9.17) is 10.5 Å². The zero-order valence-corrected chi connectivity index (χ0v) is 13.2. The fourth-order valence-electron chi connectivity index (χ4n) is 1.64. The summed E-state index contributed by atoms with van der Waals surface area (Å²) in [5, 5.41) is 2.79.